The second-order valence-electron chi connectivity index (χ2n) is 8.06. The topological polar surface area (TPSA) is 66.8 Å². The third-order valence-electron chi connectivity index (χ3n) is 6.11. The molecule has 1 aliphatic rings. The zero-order valence-corrected chi connectivity index (χ0v) is 18.5. The summed E-state index contributed by atoms with van der Waals surface area (Å²) in [6, 6.07) is 21.1. The van der Waals surface area contributed by atoms with Crippen molar-refractivity contribution in [3.8, 4) is 5.75 Å². The lowest BCUT2D eigenvalue weighted by Crippen LogP contribution is -2.29. The molecular weight excluding hydrogens is 452 g/mol. The molecule has 174 valence electrons. The highest BCUT2D eigenvalue weighted by Gasteiger charge is 2.47. The Hall–Kier alpha value is -4.52. The van der Waals surface area contributed by atoms with Gasteiger partial charge in [-0.2, -0.15) is 0 Å². The maximum atomic E-state index is 14.2. The fourth-order valence-electron chi connectivity index (χ4n) is 4.42. The number of carbonyl (C=O) groups excluding carboxylic acids is 2. The van der Waals surface area contributed by atoms with Crippen molar-refractivity contribution < 1.29 is 28.2 Å². The van der Waals surface area contributed by atoms with E-state index in [2.05, 4.69) is 0 Å². The van der Waals surface area contributed by atoms with E-state index in [1.54, 1.807) is 36.4 Å². The standard InChI is InChI=1S/C28H19F2NO4/c1-35-19-12-9-17(10-13-19)26(32)24-25(21-8-4-6-16-5-2-3-7-20(16)21)31(28(34)27(24)33)18-11-14-22(29)23(30)15-18/h2-15,25,32H,1H3/b26-24-. The van der Waals surface area contributed by atoms with Crippen LogP contribution < -0.4 is 9.64 Å². The number of rotatable bonds is 4. The molecule has 5 rings (SSSR count). The lowest BCUT2D eigenvalue weighted by Gasteiger charge is -2.26. The van der Waals surface area contributed by atoms with Gasteiger partial charge in [-0.05, 0) is 52.7 Å². The van der Waals surface area contributed by atoms with Gasteiger partial charge in [0.25, 0.3) is 11.7 Å². The van der Waals surface area contributed by atoms with E-state index in [1.165, 1.54) is 13.2 Å². The number of anilines is 1. The van der Waals surface area contributed by atoms with Crippen molar-refractivity contribution in [2.24, 2.45) is 0 Å². The minimum Gasteiger partial charge on any atom is -0.507 e. The number of aliphatic hydroxyl groups excluding tert-OH is 1. The summed E-state index contributed by atoms with van der Waals surface area (Å²) in [5.41, 5.74) is 0.709. The van der Waals surface area contributed by atoms with Gasteiger partial charge in [0.15, 0.2) is 11.6 Å². The van der Waals surface area contributed by atoms with E-state index < -0.39 is 29.4 Å². The van der Waals surface area contributed by atoms with E-state index in [-0.39, 0.29) is 17.0 Å². The van der Waals surface area contributed by atoms with Crippen LogP contribution >= 0.6 is 0 Å². The molecule has 4 aromatic carbocycles. The summed E-state index contributed by atoms with van der Waals surface area (Å²) in [4.78, 5) is 27.7. The molecule has 1 amide bonds. The van der Waals surface area contributed by atoms with Crippen molar-refractivity contribution >= 4 is 33.9 Å². The monoisotopic (exact) mass is 471 g/mol. The van der Waals surface area contributed by atoms with Crippen LogP contribution in [0.1, 0.15) is 17.2 Å². The SMILES string of the molecule is COc1ccc(/C(O)=C2/C(=O)C(=O)N(c3ccc(F)c(F)c3)C2c2cccc3ccccc23)cc1. The van der Waals surface area contributed by atoms with E-state index in [9.17, 15) is 23.5 Å². The number of ketones is 1. The van der Waals surface area contributed by atoms with Gasteiger partial charge in [0.2, 0.25) is 0 Å². The molecule has 0 aliphatic carbocycles. The lowest BCUT2D eigenvalue weighted by molar-refractivity contribution is -0.132. The summed E-state index contributed by atoms with van der Waals surface area (Å²) in [7, 11) is 1.50. The number of benzene rings is 4. The number of amides is 1. The maximum absolute atomic E-state index is 14.2. The number of hydrogen-bond acceptors (Lipinski definition) is 4. The Morgan fingerprint density at radius 1 is 0.886 bits per heavy atom. The first-order valence-corrected chi connectivity index (χ1v) is 10.8. The van der Waals surface area contributed by atoms with Gasteiger partial charge < -0.3 is 9.84 Å². The van der Waals surface area contributed by atoms with Gasteiger partial charge in [-0.1, -0.05) is 42.5 Å². The number of Topliss-reactive ketones (excluding diaryl/α,β-unsaturated/α-hetero) is 1. The minimum atomic E-state index is -1.16. The van der Waals surface area contributed by atoms with Crippen LogP contribution in [0.15, 0.2) is 90.5 Å². The molecule has 1 fully saturated rings. The van der Waals surface area contributed by atoms with Crippen LogP contribution in [0.4, 0.5) is 14.5 Å². The highest BCUT2D eigenvalue weighted by molar-refractivity contribution is 6.51. The molecule has 1 aliphatic heterocycles. The molecule has 0 radical (unpaired) electrons. The van der Waals surface area contributed by atoms with Gasteiger partial charge >= 0.3 is 0 Å². The number of ether oxygens (including phenoxy) is 1. The fraction of sp³-hybridized carbons (Fsp3) is 0.0714. The van der Waals surface area contributed by atoms with Crippen molar-refractivity contribution in [1.82, 2.24) is 0 Å². The van der Waals surface area contributed by atoms with Crippen molar-refractivity contribution in [3.05, 3.63) is 113 Å². The number of hydrogen-bond donors (Lipinski definition) is 1. The van der Waals surface area contributed by atoms with E-state index in [4.69, 9.17) is 4.74 Å². The molecule has 35 heavy (non-hydrogen) atoms. The van der Waals surface area contributed by atoms with Crippen LogP contribution in [0, 0.1) is 11.6 Å². The third-order valence-corrected chi connectivity index (χ3v) is 6.11. The third kappa shape index (κ3) is 3.71. The van der Waals surface area contributed by atoms with Crippen molar-refractivity contribution in [2.75, 3.05) is 12.0 Å². The number of nitrogens with zero attached hydrogens (tertiary/aromatic N) is 1. The van der Waals surface area contributed by atoms with E-state index in [0.29, 0.717) is 16.9 Å². The molecule has 4 aromatic rings. The summed E-state index contributed by atoms with van der Waals surface area (Å²) in [6.07, 6.45) is 0. The van der Waals surface area contributed by atoms with Gasteiger partial charge in [-0.25, -0.2) is 8.78 Å². The van der Waals surface area contributed by atoms with Gasteiger partial charge in [-0.15, -0.1) is 0 Å². The zero-order valence-electron chi connectivity index (χ0n) is 18.5. The Balaban J connectivity index is 1.79. The molecule has 7 heteroatoms. The molecule has 0 spiro atoms. The molecule has 1 atom stereocenters. The Bertz CT molecular complexity index is 1510. The molecule has 5 nitrogen and oxygen atoms in total. The van der Waals surface area contributed by atoms with Crippen LogP contribution in [0.3, 0.4) is 0 Å². The number of fused-ring (bicyclic) bond motifs is 1. The number of methoxy groups -OCH3 is 1. The Labute approximate surface area is 199 Å². The number of carbonyl (C=O) groups is 2. The second-order valence-corrected chi connectivity index (χ2v) is 8.06. The van der Waals surface area contributed by atoms with Crippen molar-refractivity contribution in [3.63, 3.8) is 0 Å². The van der Waals surface area contributed by atoms with Crippen molar-refractivity contribution in [1.29, 1.82) is 0 Å². The van der Waals surface area contributed by atoms with Crippen LogP contribution in [0.2, 0.25) is 0 Å². The average Bonchev–Trinajstić information content (AvgIpc) is 3.15. The van der Waals surface area contributed by atoms with Crippen LogP contribution in [-0.2, 0) is 9.59 Å². The molecule has 0 aromatic heterocycles. The Morgan fingerprint density at radius 2 is 1.60 bits per heavy atom. The minimum absolute atomic E-state index is 0.00212. The first-order valence-electron chi connectivity index (χ1n) is 10.8. The molecule has 1 N–H and O–H groups in total. The Morgan fingerprint density at radius 3 is 2.31 bits per heavy atom. The highest BCUT2D eigenvalue weighted by atomic mass is 19.2. The summed E-state index contributed by atoms with van der Waals surface area (Å²) >= 11 is 0. The van der Waals surface area contributed by atoms with E-state index in [1.807, 2.05) is 30.3 Å². The first kappa shape index (κ1) is 22.3. The van der Waals surface area contributed by atoms with E-state index >= 15 is 0 Å². The van der Waals surface area contributed by atoms with Crippen LogP contribution in [-0.4, -0.2) is 23.9 Å². The predicted molar refractivity (Wildman–Crippen MR) is 128 cm³/mol. The number of halogens is 2. The summed E-state index contributed by atoms with van der Waals surface area (Å²) in [5.74, 6) is -3.95. The zero-order chi connectivity index (χ0) is 24.7. The first-order chi connectivity index (χ1) is 16.9. The molecule has 0 bridgehead atoms. The van der Waals surface area contributed by atoms with Crippen molar-refractivity contribution in [2.45, 2.75) is 6.04 Å². The highest BCUT2D eigenvalue weighted by Crippen LogP contribution is 2.44. The molecule has 1 unspecified atom stereocenters. The second kappa shape index (κ2) is 8.68. The van der Waals surface area contributed by atoms with Crippen LogP contribution in [0.25, 0.3) is 16.5 Å². The summed E-state index contributed by atoms with van der Waals surface area (Å²) < 4.78 is 33.0. The largest absolute Gasteiger partial charge is 0.507 e. The summed E-state index contributed by atoms with van der Waals surface area (Å²) in [5, 5.41) is 12.8. The van der Waals surface area contributed by atoms with Gasteiger partial charge in [0, 0.05) is 17.3 Å². The van der Waals surface area contributed by atoms with Gasteiger partial charge in [0.05, 0.1) is 18.7 Å². The van der Waals surface area contributed by atoms with Gasteiger partial charge in [0.1, 0.15) is 11.5 Å². The van der Waals surface area contributed by atoms with Crippen LogP contribution in [0.5, 0.6) is 5.75 Å². The lowest BCUT2D eigenvalue weighted by atomic mass is 9.91. The van der Waals surface area contributed by atoms with E-state index in [0.717, 1.165) is 27.8 Å². The molecule has 0 saturated carbocycles. The average molecular weight is 471 g/mol. The molecule has 1 heterocycles. The quantitative estimate of drug-likeness (QED) is 0.234. The normalized spacial score (nSPS) is 17.2. The maximum Gasteiger partial charge on any atom is 0.300 e. The fourth-order valence-corrected chi connectivity index (χ4v) is 4.42. The van der Waals surface area contributed by atoms with Gasteiger partial charge in [-0.3, -0.25) is 14.5 Å². The smallest absolute Gasteiger partial charge is 0.300 e. The molecule has 1 saturated heterocycles. The predicted octanol–water partition coefficient (Wildman–Crippen LogP) is 5.75. The number of aliphatic hydroxyl groups is 1. The molecular formula is C28H19F2NO4. The summed E-state index contributed by atoms with van der Waals surface area (Å²) in [6.45, 7) is 0. The Kier molecular flexibility index (Phi) is 5.53.